The number of amides is 6. The van der Waals surface area contributed by atoms with Gasteiger partial charge in [-0.1, -0.05) is 86.6 Å². The molecule has 0 spiro atoms. The van der Waals surface area contributed by atoms with E-state index < -0.39 is 121 Å². The fourth-order valence-corrected chi connectivity index (χ4v) is 6.72. The topological polar surface area (TPSA) is 336 Å². The molecule has 0 aliphatic rings. The van der Waals surface area contributed by atoms with Crippen molar-refractivity contribution in [3.8, 4) is 5.75 Å². The molecule has 3 rings (SSSR count). The number of aliphatic hydroxyl groups excluding tert-OH is 2. The number of aliphatic hydroxyl groups is 2. The van der Waals surface area contributed by atoms with E-state index in [0.29, 0.717) is 16.7 Å². The van der Waals surface area contributed by atoms with Crippen LogP contribution in [0, 0.1) is 5.92 Å². The largest absolute Gasteiger partial charge is 0.508 e. The second-order valence-corrected chi connectivity index (χ2v) is 16.0. The number of nitrogens with two attached hydrogens (primary N) is 1. The zero-order chi connectivity index (χ0) is 48.4. The molecule has 20 nitrogen and oxygen atoms in total. The van der Waals surface area contributed by atoms with Gasteiger partial charge in [-0.05, 0) is 61.4 Å². The minimum Gasteiger partial charge on any atom is -0.508 e. The Morgan fingerprint density at radius 1 is 0.585 bits per heavy atom. The fraction of sp³-hybridized carbons (Fsp3) is 0.422. The van der Waals surface area contributed by atoms with Crippen molar-refractivity contribution in [2.24, 2.45) is 11.7 Å². The first-order valence-corrected chi connectivity index (χ1v) is 20.9. The number of aromatic hydroxyl groups is 1. The highest BCUT2D eigenvalue weighted by molar-refractivity contribution is 5.97. The maximum Gasteiger partial charge on any atom is 0.326 e. The number of hydrogen-bond donors (Lipinski definition) is 12. The second kappa shape index (κ2) is 25.4. The van der Waals surface area contributed by atoms with Crippen LogP contribution >= 0.6 is 0 Å². The number of carbonyl (C=O) groups excluding carboxylic acids is 6. The molecule has 13 N–H and O–H groups in total. The number of hydrogen-bond acceptors (Lipinski definition) is 12. The highest BCUT2D eigenvalue weighted by atomic mass is 16.4. The van der Waals surface area contributed by atoms with Crippen molar-refractivity contribution in [2.75, 3.05) is 6.61 Å². The number of aliphatic carboxylic acids is 2. The van der Waals surface area contributed by atoms with Gasteiger partial charge in [-0.2, -0.15) is 0 Å². The number of carboxylic acids is 2. The fourth-order valence-electron chi connectivity index (χ4n) is 6.72. The van der Waals surface area contributed by atoms with Crippen molar-refractivity contribution in [3.63, 3.8) is 0 Å². The van der Waals surface area contributed by atoms with Crippen molar-refractivity contribution >= 4 is 47.4 Å². The van der Waals surface area contributed by atoms with Crippen molar-refractivity contribution in [1.29, 1.82) is 0 Å². The summed E-state index contributed by atoms with van der Waals surface area (Å²) < 4.78 is 0. The molecule has 6 amide bonds. The Bertz CT molecular complexity index is 2050. The molecule has 0 heterocycles. The standard InChI is InChI=1S/C45H59N7O13/c1-24(2)21-33(45(64)65)50-39(58)25(3)47-40(59)31(19-20-35(56)57)48-41(60)32(22-27-15-17-30(55)18-16-27)49-42(61)34(23-53)51-44(63)38(26(4)54)52-43(62)37(46)36(28-11-7-5-8-12-28)29-13-9-6-10-14-29/h5-18,24-26,31-34,36-38,53-55H,19-23,46H2,1-4H3,(H,47,59)(H,48,60)(H,49,61)(H,50,58)(H,51,63)(H,52,62)(H,56,57)(H,64,65)/t25-,26+,31-,32-,33-,34-,37-,38-/m0/s1. The Labute approximate surface area is 375 Å². The Morgan fingerprint density at radius 3 is 1.57 bits per heavy atom. The van der Waals surface area contributed by atoms with Gasteiger partial charge < -0.3 is 63.2 Å². The number of benzene rings is 3. The third-order valence-electron chi connectivity index (χ3n) is 10.2. The van der Waals surface area contributed by atoms with E-state index in [4.69, 9.17) is 5.73 Å². The van der Waals surface area contributed by atoms with Gasteiger partial charge in [0.1, 0.15) is 42.0 Å². The molecule has 0 aromatic heterocycles. The van der Waals surface area contributed by atoms with Crippen LogP contribution < -0.4 is 37.6 Å². The molecular weight excluding hydrogens is 847 g/mol. The molecule has 0 aliphatic carbocycles. The molecule has 3 aromatic carbocycles. The normalized spacial score (nSPS) is 14.8. The number of carbonyl (C=O) groups is 8. The van der Waals surface area contributed by atoms with Crippen LogP contribution in [0.15, 0.2) is 84.9 Å². The molecule has 0 unspecified atom stereocenters. The highest BCUT2D eigenvalue weighted by Crippen LogP contribution is 2.27. The van der Waals surface area contributed by atoms with Crippen LogP contribution in [-0.4, -0.2) is 128 Å². The average molecular weight is 906 g/mol. The van der Waals surface area contributed by atoms with E-state index in [9.17, 15) is 63.9 Å². The van der Waals surface area contributed by atoms with Gasteiger partial charge in [0.05, 0.1) is 18.8 Å². The predicted molar refractivity (Wildman–Crippen MR) is 234 cm³/mol. The van der Waals surface area contributed by atoms with Gasteiger partial charge >= 0.3 is 11.9 Å². The first kappa shape index (κ1) is 52.4. The van der Waals surface area contributed by atoms with Crippen LogP contribution in [0.1, 0.15) is 69.6 Å². The monoisotopic (exact) mass is 905 g/mol. The smallest absolute Gasteiger partial charge is 0.326 e. The average Bonchev–Trinajstić information content (AvgIpc) is 3.26. The van der Waals surface area contributed by atoms with E-state index in [2.05, 4.69) is 31.9 Å². The summed E-state index contributed by atoms with van der Waals surface area (Å²) in [6, 6.07) is 12.7. The second-order valence-electron chi connectivity index (χ2n) is 16.0. The zero-order valence-corrected chi connectivity index (χ0v) is 36.5. The van der Waals surface area contributed by atoms with Crippen LogP contribution in [0.2, 0.25) is 0 Å². The molecule has 0 radical (unpaired) electrons. The first-order valence-electron chi connectivity index (χ1n) is 20.9. The molecule has 0 bridgehead atoms. The summed E-state index contributed by atoms with van der Waals surface area (Å²) in [6.45, 7) is 4.92. The van der Waals surface area contributed by atoms with Crippen LogP contribution in [0.4, 0.5) is 0 Å². The van der Waals surface area contributed by atoms with Crippen LogP contribution in [0.25, 0.3) is 0 Å². The molecule has 65 heavy (non-hydrogen) atoms. The van der Waals surface area contributed by atoms with Crippen LogP contribution in [0.3, 0.4) is 0 Å². The van der Waals surface area contributed by atoms with Crippen LogP contribution in [0.5, 0.6) is 5.75 Å². The Kier molecular flexibility index (Phi) is 20.5. The Balaban J connectivity index is 1.82. The van der Waals surface area contributed by atoms with E-state index in [1.54, 1.807) is 74.5 Å². The molecule has 0 saturated carbocycles. The lowest BCUT2D eigenvalue weighted by Crippen LogP contribution is -2.62. The van der Waals surface area contributed by atoms with E-state index >= 15 is 0 Å². The van der Waals surface area contributed by atoms with Gasteiger partial charge in [0.2, 0.25) is 35.4 Å². The van der Waals surface area contributed by atoms with Crippen molar-refractivity contribution in [3.05, 3.63) is 102 Å². The van der Waals surface area contributed by atoms with Crippen molar-refractivity contribution in [2.45, 2.75) is 108 Å². The lowest BCUT2D eigenvalue weighted by Gasteiger charge is -2.29. The van der Waals surface area contributed by atoms with Crippen molar-refractivity contribution < 1.29 is 63.9 Å². The SMILES string of the molecule is CC(C)C[C@H](NC(=O)[C@H](C)NC(=O)[C@H](CCC(=O)O)NC(=O)[C@H](Cc1ccc(O)cc1)NC(=O)[C@H](CO)NC(=O)[C@@H](NC(=O)[C@@H](N)C(c1ccccc1)c1ccccc1)[C@@H](C)O)C(=O)O. The first-order chi connectivity index (χ1) is 30.7. The lowest BCUT2D eigenvalue weighted by atomic mass is 9.85. The molecular formula is C45H59N7O13. The minimum atomic E-state index is -1.79. The number of carboxylic acid groups (broad SMARTS) is 2. The minimum absolute atomic E-state index is 0.0885. The Hall–Kier alpha value is -6.90. The van der Waals surface area contributed by atoms with Gasteiger partial charge in [0, 0.05) is 18.8 Å². The summed E-state index contributed by atoms with van der Waals surface area (Å²) in [5.74, 6) is -9.53. The van der Waals surface area contributed by atoms with Gasteiger partial charge in [-0.15, -0.1) is 0 Å². The van der Waals surface area contributed by atoms with Crippen LogP contribution in [-0.2, 0) is 44.8 Å². The van der Waals surface area contributed by atoms with Gasteiger partial charge in [0.25, 0.3) is 0 Å². The third kappa shape index (κ3) is 16.6. The van der Waals surface area contributed by atoms with E-state index in [0.717, 1.165) is 0 Å². The molecule has 8 atom stereocenters. The molecule has 0 fully saturated rings. The third-order valence-corrected chi connectivity index (χ3v) is 10.2. The summed E-state index contributed by atoms with van der Waals surface area (Å²) in [5.41, 5.74) is 8.26. The molecule has 352 valence electrons. The summed E-state index contributed by atoms with van der Waals surface area (Å²) in [4.78, 5) is 105. The number of phenols is 1. The quantitative estimate of drug-likeness (QED) is 0.0505. The molecule has 0 saturated heterocycles. The van der Waals surface area contributed by atoms with Gasteiger partial charge in [-0.3, -0.25) is 33.6 Å². The maximum atomic E-state index is 13.9. The Morgan fingerprint density at radius 2 is 1.08 bits per heavy atom. The number of rotatable bonds is 25. The highest BCUT2D eigenvalue weighted by Gasteiger charge is 2.36. The predicted octanol–water partition coefficient (Wildman–Crippen LogP) is -0.609. The lowest BCUT2D eigenvalue weighted by molar-refractivity contribution is -0.142. The van der Waals surface area contributed by atoms with E-state index in [-0.39, 0.29) is 24.5 Å². The molecule has 3 aromatic rings. The van der Waals surface area contributed by atoms with E-state index in [1.807, 2.05) is 0 Å². The van der Waals surface area contributed by atoms with Gasteiger partial charge in [0.15, 0.2) is 0 Å². The summed E-state index contributed by atoms with van der Waals surface area (Å²) >= 11 is 0. The summed E-state index contributed by atoms with van der Waals surface area (Å²) in [5, 5.41) is 63.9. The van der Waals surface area contributed by atoms with Crippen molar-refractivity contribution in [1.82, 2.24) is 31.9 Å². The van der Waals surface area contributed by atoms with Gasteiger partial charge in [-0.25, -0.2) is 4.79 Å². The molecule has 20 heteroatoms. The molecule has 0 aliphatic heterocycles. The number of phenolic OH excluding ortho intramolecular Hbond substituents is 1. The summed E-state index contributed by atoms with van der Waals surface area (Å²) in [6.07, 6.45) is -2.89. The number of nitrogens with one attached hydrogen (secondary N) is 6. The zero-order valence-electron chi connectivity index (χ0n) is 36.5. The van der Waals surface area contributed by atoms with E-state index in [1.165, 1.54) is 38.1 Å². The summed E-state index contributed by atoms with van der Waals surface area (Å²) in [7, 11) is 0. The maximum absolute atomic E-state index is 13.9.